The Bertz CT molecular complexity index is 391. The molecule has 0 unspecified atom stereocenters. The van der Waals surface area contributed by atoms with E-state index < -0.39 is 0 Å². The largest absolute Gasteiger partial charge is 0.468 e. The van der Waals surface area contributed by atoms with Gasteiger partial charge in [0, 0.05) is 5.02 Å². The van der Waals surface area contributed by atoms with Crippen molar-refractivity contribution in [3.8, 4) is 0 Å². The Morgan fingerprint density at radius 3 is 2.40 bits per heavy atom. The van der Waals surface area contributed by atoms with Crippen molar-refractivity contribution in [2.24, 2.45) is 0 Å². The van der Waals surface area contributed by atoms with Crippen molar-refractivity contribution < 1.29 is 9.53 Å². The molecule has 0 spiro atoms. The maximum absolute atomic E-state index is 10.2. The fraction of sp³-hybridized carbons (Fsp3) is 0.533. The van der Waals surface area contributed by atoms with E-state index in [9.17, 15) is 4.79 Å². The maximum Gasteiger partial charge on any atom is 0.315 e. The number of hydrogen-bond acceptors (Lipinski definition) is 4. The monoisotopic (exact) mass is 315 g/mol. The third-order valence-corrected chi connectivity index (χ3v) is 3.95. The van der Waals surface area contributed by atoms with Gasteiger partial charge >= 0.3 is 5.97 Å². The van der Waals surface area contributed by atoms with Crippen molar-refractivity contribution in [1.29, 1.82) is 0 Å². The molecule has 1 N–H and O–H groups in total. The molecule has 1 aliphatic heterocycles. The Morgan fingerprint density at radius 2 is 1.95 bits per heavy atom. The van der Waals surface area contributed by atoms with Crippen LogP contribution in [-0.4, -0.2) is 38.2 Å². The minimum atomic E-state index is -0.160. The molecule has 2 rings (SSSR count). The number of halogens is 1. The maximum atomic E-state index is 10.2. The van der Waals surface area contributed by atoms with Crippen LogP contribution in [0.4, 0.5) is 0 Å². The van der Waals surface area contributed by atoms with Crippen molar-refractivity contribution in [1.82, 2.24) is 5.32 Å². The normalized spacial score (nSPS) is 15.2. The van der Waals surface area contributed by atoms with Gasteiger partial charge in [-0.1, -0.05) is 23.7 Å². The van der Waals surface area contributed by atoms with E-state index in [0.29, 0.717) is 5.75 Å². The molecule has 0 atom stereocenters. The molecule has 0 bridgehead atoms. The molecule has 0 radical (unpaired) electrons. The number of esters is 1. The Balaban J connectivity index is 0.000000246. The van der Waals surface area contributed by atoms with Crippen LogP contribution in [0, 0.1) is 0 Å². The highest BCUT2D eigenvalue weighted by Crippen LogP contribution is 2.25. The minimum absolute atomic E-state index is 0.160. The first-order chi connectivity index (χ1) is 9.67. The van der Waals surface area contributed by atoms with Crippen LogP contribution in [0.3, 0.4) is 0 Å². The summed E-state index contributed by atoms with van der Waals surface area (Å²) in [7, 11) is 1.39. The van der Waals surface area contributed by atoms with E-state index >= 15 is 0 Å². The standard InChI is InChI=1S/C11H14ClN.C4H8O2S/c12-11-3-1-9(2-4-11)10-5-7-13-8-6-10;1-6-4(5)3-7-2/h1-4,10,13H,5-8H2;3H2,1-2H3. The SMILES string of the molecule is COC(=O)CSC.Clc1ccc(C2CCNCC2)cc1. The van der Waals surface area contributed by atoms with Gasteiger partial charge < -0.3 is 10.1 Å². The summed E-state index contributed by atoms with van der Waals surface area (Å²) in [4.78, 5) is 10.2. The lowest BCUT2D eigenvalue weighted by molar-refractivity contribution is -0.137. The van der Waals surface area contributed by atoms with Gasteiger partial charge in [0.1, 0.15) is 0 Å². The third kappa shape index (κ3) is 6.64. The number of nitrogens with one attached hydrogen (secondary N) is 1. The van der Waals surface area contributed by atoms with Crippen LogP contribution in [0.1, 0.15) is 24.3 Å². The van der Waals surface area contributed by atoms with E-state index in [1.54, 1.807) is 0 Å². The van der Waals surface area contributed by atoms with Crippen LogP contribution < -0.4 is 5.32 Å². The second-order valence-electron chi connectivity index (χ2n) is 4.58. The average molecular weight is 316 g/mol. The number of piperidine rings is 1. The zero-order chi connectivity index (χ0) is 14.8. The third-order valence-electron chi connectivity index (χ3n) is 3.17. The lowest BCUT2D eigenvalue weighted by atomic mass is 9.90. The molecule has 0 saturated carbocycles. The number of thioether (sulfide) groups is 1. The summed E-state index contributed by atoms with van der Waals surface area (Å²) in [5.74, 6) is 1.03. The second-order valence-corrected chi connectivity index (χ2v) is 5.89. The summed E-state index contributed by atoms with van der Waals surface area (Å²) in [5, 5.41) is 4.20. The van der Waals surface area contributed by atoms with Gasteiger partial charge in [-0.3, -0.25) is 4.79 Å². The van der Waals surface area contributed by atoms with Crippen molar-refractivity contribution in [3.05, 3.63) is 34.9 Å². The van der Waals surface area contributed by atoms with Gasteiger partial charge in [-0.05, 0) is 55.8 Å². The Labute approximate surface area is 130 Å². The zero-order valence-corrected chi connectivity index (χ0v) is 13.6. The quantitative estimate of drug-likeness (QED) is 0.868. The van der Waals surface area contributed by atoms with Gasteiger partial charge in [-0.2, -0.15) is 11.8 Å². The molecule has 1 aromatic carbocycles. The smallest absolute Gasteiger partial charge is 0.315 e. The van der Waals surface area contributed by atoms with Crippen LogP contribution >= 0.6 is 23.4 Å². The van der Waals surface area contributed by atoms with Gasteiger partial charge in [-0.25, -0.2) is 0 Å². The Hall–Kier alpha value is -0.710. The molecule has 3 nitrogen and oxygen atoms in total. The van der Waals surface area contributed by atoms with Gasteiger partial charge in [0.25, 0.3) is 0 Å². The van der Waals surface area contributed by atoms with E-state index in [2.05, 4.69) is 22.2 Å². The molecule has 0 aliphatic carbocycles. The highest BCUT2D eigenvalue weighted by Gasteiger charge is 2.14. The first-order valence-corrected chi connectivity index (χ1v) is 8.46. The highest BCUT2D eigenvalue weighted by atomic mass is 35.5. The van der Waals surface area contributed by atoms with Crippen molar-refractivity contribution in [3.63, 3.8) is 0 Å². The topological polar surface area (TPSA) is 38.3 Å². The molecule has 1 fully saturated rings. The summed E-state index contributed by atoms with van der Waals surface area (Å²) in [6, 6.07) is 8.27. The highest BCUT2D eigenvalue weighted by molar-refractivity contribution is 7.99. The fourth-order valence-corrected chi connectivity index (χ4v) is 2.55. The summed E-state index contributed by atoms with van der Waals surface area (Å²) in [5.41, 5.74) is 1.44. The average Bonchev–Trinajstić information content (AvgIpc) is 2.50. The second kappa shape index (κ2) is 10.1. The molecule has 1 aliphatic rings. The van der Waals surface area contributed by atoms with E-state index in [4.69, 9.17) is 11.6 Å². The molecule has 1 heterocycles. The minimum Gasteiger partial charge on any atom is -0.468 e. The van der Waals surface area contributed by atoms with Crippen LogP contribution in [0.25, 0.3) is 0 Å². The number of rotatable bonds is 3. The number of hydrogen-bond donors (Lipinski definition) is 1. The molecule has 0 amide bonds. The zero-order valence-electron chi connectivity index (χ0n) is 12.0. The van der Waals surface area contributed by atoms with Crippen LogP contribution in [0.5, 0.6) is 0 Å². The molecule has 0 aromatic heterocycles. The van der Waals surface area contributed by atoms with Gasteiger partial charge in [0.2, 0.25) is 0 Å². The van der Waals surface area contributed by atoms with Crippen molar-refractivity contribution in [2.45, 2.75) is 18.8 Å². The van der Waals surface area contributed by atoms with Crippen LogP contribution in [0.2, 0.25) is 5.02 Å². The van der Waals surface area contributed by atoms with Gasteiger partial charge in [-0.15, -0.1) is 0 Å². The molecular formula is C15H22ClNO2S. The van der Waals surface area contributed by atoms with Crippen LogP contribution in [0.15, 0.2) is 24.3 Å². The number of ether oxygens (including phenoxy) is 1. The molecule has 1 saturated heterocycles. The Morgan fingerprint density at radius 1 is 1.35 bits per heavy atom. The van der Waals surface area contributed by atoms with Gasteiger partial charge in [0.15, 0.2) is 0 Å². The number of carbonyl (C=O) groups is 1. The van der Waals surface area contributed by atoms with E-state index in [-0.39, 0.29) is 5.97 Å². The molecule has 5 heteroatoms. The fourth-order valence-electron chi connectivity index (χ4n) is 2.07. The summed E-state index contributed by atoms with van der Waals surface area (Å²) < 4.78 is 4.33. The molecule has 20 heavy (non-hydrogen) atoms. The first kappa shape index (κ1) is 17.3. The number of carbonyl (C=O) groups excluding carboxylic acids is 1. The number of benzene rings is 1. The molecular weight excluding hydrogens is 294 g/mol. The predicted molar refractivity (Wildman–Crippen MR) is 86.7 cm³/mol. The lowest BCUT2D eigenvalue weighted by Crippen LogP contribution is -2.26. The lowest BCUT2D eigenvalue weighted by Gasteiger charge is -2.22. The van der Waals surface area contributed by atoms with E-state index in [1.165, 1.54) is 37.3 Å². The predicted octanol–water partition coefficient (Wildman–Crippen LogP) is 3.33. The summed E-state index contributed by atoms with van der Waals surface area (Å²) in [6.45, 7) is 2.29. The molecule has 1 aromatic rings. The van der Waals surface area contributed by atoms with E-state index in [0.717, 1.165) is 24.0 Å². The van der Waals surface area contributed by atoms with Crippen LogP contribution in [-0.2, 0) is 9.53 Å². The summed E-state index contributed by atoms with van der Waals surface area (Å²) >= 11 is 7.30. The molecule has 112 valence electrons. The Kier molecular flexibility index (Phi) is 8.74. The van der Waals surface area contributed by atoms with Crippen molar-refractivity contribution >= 4 is 29.3 Å². The number of methoxy groups -OCH3 is 1. The first-order valence-electron chi connectivity index (χ1n) is 6.69. The summed E-state index contributed by atoms with van der Waals surface area (Å²) in [6.07, 6.45) is 4.36. The van der Waals surface area contributed by atoms with Gasteiger partial charge in [0.05, 0.1) is 12.9 Å². The van der Waals surface area contributed by atoms with E-state index in [1.807, 2.05) is 18.4 Å². The van der Waals surface area contributed by atoms with Crippen molar-refractivity contribution in [2.75, 3.05) is 32.2 Å².